The molecule has 0 aliphatic carbocycles. The van der Waals surface area contributed by atoms with Gasteiger partial charge in [-0.25, -0.2) is 9.37 Å². The van der Waals surface area contributed by atoms with Crippen LogP contribution in [0.25, 0.3) is 11.4 Å². The second kappa shape index (κ2) is 9.02. The largest absolute Gasteiger partial charge is 0.355 e. The van der Waals surface area contributed by atoms with Crippen molar-refractivity contribution in [1.29, 1.82) is 0 Å². The van der Waals surface area contributed by atoms with Gasteiger partial charge in [-0.15, -0.1) is 0 Å². The van der Waals surface area contributed by atoms with Crippen molar-refractivity contribution in [3.63, 3.8) is 0 Å². The van der Waals surface area contributed by atoms with E-state index in [1.807, 2.05) is 19.1 Å². The topological polar surface area (TPSA) is 84.2 Å². The van der Waals surface area contributed by atoms with Gasteiger partial charge in [-0.05, 0) is 42.7 Å². The van der Waals surface area contributed by atoms with Gasteiger partial charge in [0, 0.05) is 32.3 Å². The highest BCUT2D eigenvalue weighted by atomic mass is 19.1. The Kier molecular flexibility index (Phi) is 6.02. The Balaban J connectivity index is 1.45. The number of pyridine rings is 1. The summed E-state index contributed by atoms with van der Waals surface area (Å²) >= 11 is 0. The number of hydrogen-bond acceptors (Lipinski definition) is 6. The van der Waals surface area contributed by atoms with Crippen molar-refractivity contribution in [2.24, 2.45) is 5.92 Å². The number of anilines is 1. The van der Waals surface area contributed by atoms with Gasteiger partial charge in [-0.3, -0.25) is 4.79 Å². The molecule has 1 aliphatic heterocycles. The molecule has 1 aliphatic rings. The molecule has 1 amide bonds. The Bertz CT molecular complexity index is 1000. The van der Waals surface area contributed by atoms with E-state index in [0.717, 1.165) is 36.3 Å². The zero-order chi connectivity index (χ0) is 20.9. The number of rotatable bonds is 6. The summed E-state index contributed by atoms with van der Waals surface area (Å²) in [6.07, 6.45) is 4.10. The van der Waals surface area contributed by atoms with Crippen LogP contribution in [0.2, 0.25) is 0 Å². The van der Waals surface area contributed by atoms with E-state index in [4.69, 9.17) is 4.52 Å². The van der Waals surface area contributed by atoms with Crippen LogP contribution in [-0.2, 0) is 17.8 Å². The summed E-state index contributed by atoms with van der Waals surface area (Å²) in [6.45, 7) is 3.72. The first kappa shape index (κ1) is 20.0. The smallest absolute Gasteiger partial charge is 0.226 e. The predicted octanol–water partition coefficient (Wildman–Crippen LogP) is 3.37. The van der Waals surface area contributed by atoms with Gasteiger partial charge >= 0.3 is 0 Å². The van der Waals surface area contributed by atoms with Crippen LogP contribution in [0.15, 0.2) is 47.1 Å². The minimum atomic E-state index is -0.285. The molecule has 8 heteroatoms. The quantitative estimate of drug-likeness (QED) is 0.672. The third-order valence-electron chi connectivity index (χ3n) is 5.27. The summed E-state index contributed by atoms with van der Waals surface area (Å²) in [7, 11) is 0. The number of carbonyl (C=O) groups is 1. The maximum atomic E-state index is 13.0. The SMILES string of the molecule is CCc1nc(-c2cccnc2N2CCC[C@@H](C(=O)NCc3ccc(F)cc3)C2)no1. The second-order valence-corrected chi connectivity index (χ2v) is 7.37. The molecule has 1 N–H and O–H groups in total. The Hall–Kier alpha value is -3.29. The molecule has 1 atom stereocenters. The zero-order valence-electron chi connectivity index (χ0n) is 16.8. The first-order valence-electron chi connectivity index (χ1n) is 10.2. The molecular weight excluding hydrogens is 385 g/mol. The zero-order valence-corrected chi connectivity index (χ0v) is 16.8. The third kappa shape index (κ3) is 4.48. The summed E-state index contributed by atoms with van der Waals surface area (Å²) < 4.78 is 18.3. The van der Waals surface area contributed by atoms with E-state index < -0.39 is 0 Å². The number of nitrogens with zero attached hydrogens (tertiary/aromatic N) is 4. The highest BCUT2D eigenvalue weighted by Gasteiger charge is 2.28. The van der Waals surface area contributed by atoms with Crippen molar-refractivity contribution in [2.75, 3.05) is 18.0 Å². The van der Waals surface area contributed by atoms with Gasteiger partial charge in [0.25, 0.3) is 0 Å². The minimum Gasteiger partial charge on any atom is -0.355 e. The van der Waals surface area contributed by atoms with Gasteiger partial charge in [-0.2, -0.15) is 4.98 Å². The Morgan fingerprint density at radius 3 is 2.90 bits per heavy atom. The van der Waals surface area contributed by atoms with Crippen LogP contribution in [0.1, 0.15) is 31.2 Å². The van der Waals surface area contributed by atoms with Gasteiger partial charge in [0.2, 0.25) is 17.6 Å². The molecule has 1 fully saturated rings. The number of hydrogen-bond donors (Lipinski definition) is 1. The summed E-state index contributed by atoms with van der Waals surface area (Å²) in [5.74, 6) is 1.41. The standard InChI is InChI=1S/C22H24FN5O2/c1-2-19-26-20(27-30-19)18-6-3-11-24-21(18)28-12-4-5-16(14-28)22(29)25-13-15-7-9-17(23)10-8-15/h3,6-11,16H,2,4-5,12-14H2,1H3,(H,25,29)/t16-/m1/s1. The second-order valence-electron chi connectivity index (χ2n) is 7.37. The molecule has 7 nitrogen and oxygen atoms in total. The molecular formula is C22H24FN5O2. The molecule has 0 unspecified atom stereocenters. The molecule has 0 bridgehead atoms. The van der Waals surface area contributed by atoms with Crippen LogP contribution in [0, 0.1) is 11.7 Å². The van der Waals surface area contributed by atoms with Crippen LogP contribution in [-0.4, -0.2) is 34.1 Å². The van der Waals surface area contributed by atoms with Gasteiger partial charge in [0.15, 0.2) is 0 Å². The number of benzene rings is 1. The number of carbonyl (C=O) groups excluding carboxylic acids is 1. The van der Waals surface area contributed by atoms with E-state index in [0.29, 0.717) is 31.2 Å². The van der Waals surface area contributed by atoms with Crippen LogP contribution in [0.5, 0.6) is 0 Å². The molecule has 3 aromatic rings. The number of nitrogens with one attached hydrogen (secondary N) is 1. The van der Waals surface area contributed by atoms with E-state index in [9.17, 15) is 9.18 Å². The lowest BCUT2D eigenvalue weighted by atomic mass is 9.96. The van der Waals surface area contributed by atoms with Crippen LogP contribution < -0.4 is 10.2 Å². The Morgan fingerprint density at radius 1 is 1.30 bits per heavy atom. The van der Waals surface area contributed by atoms with Crippen LogP contribution in [0.3, 0.4) is 0 Å². The highest BCUT2D eigenvalue weighted by Crippen LogP contribution is 2.30. The number of piperidine rings is 1. The van der Waals surface area contributed by atoms with Crippen molar-refractivity contribution >= 4 is 11.7 Å². The number of amides is 1. The normalized spacial score (nSPS) is 16.5. The van der Waals surface area contributed by atoms with Crippen molar-refractivity contribution < 1.29 is 13.7 Å². The summed E-state index contributed by atoms with van der Waals surface area (Å²) in [6, 6.07) is 9.92. The fraction of sp³-hybridized carbons (Fsp3) is 0.364. The molecule has 0 saturated carbocycles. The number of aromatic nitrogens is 3. The molecule has 1 saturated heterocycles. The van der Waals surface area contributed by atoms with Gasteiger partial charge in [0.1, 0.15) is 11.6 Å². The number of aryl methyl sites for hydroxylation is 1. The van der Waals surface area contributed by atoms with Crippen molar-refractivity contribution in [3.05, 3.63) is 59.9 Å². The maximum Gasteiger partial charge on any atom is 0.226 e. The first-order chi connectivity index (χ1) is 14.6. The van der Waals surface area contributed by atoms with Crippen molar-refractivity contribution in [3.8, 4) is 11.4 Å². The first-order valence-corrected chi connectivity index (χ1v) is 10.2. The van der Waals surface area contributed by atoms with Crippen LogP contribution in [0.4, 0.5) is 10.2 Å². The average Bonchev–Trinajstić information content (AvgIpc) is 3.28. The highest BCUT2D eigenvalue weighted by molar-refractivity contribution is 5.80. The molecule has 2 aromatic heterocycles. The minimum absolute atomic E-state index is 0.00524. The van der Waals surface area contributed by atoms with Crippen LogP contribution >= 0.6 is 0 Å². The summed E-state index contributed by atoms with van der Waals surface area (Å²) in [4.78, 5) is 23.8. The lowest BCUT2D eigenvalue weighted by molar-refractivity contribution is -0.125. The van der Waals surface area contributed by atoms with Crippen molar-refractivity contribution in [1.82, 2.24) is 20.4 Å². The van der Waals surface area contributed by atoms with E-state index >= 15 is 0 Å². The van der Waals surface area contributed by atoms with E-state index in [1.54, 1.807) is 18.3 Å². The van der Waals surface area contributed by atoms with E-state index in [1.165, 1.54) is 12.1 Å². The summed E-state index contributed by atoms with van der Waals surface area (Å²) in [5.41, 5.74) is 1.67. The molecule has 0 spiro atoms. The van der Waals surface area contributed by atoms with Crippen molar-refractivity contribution in [2.45, 2.75) is 32.7 Å². The van der Waals surface area contributed by atoms with E-state index in [2.05, 4.69) is 25.3 Å². The molecule has 0 radical (unpaired) electrons. The average molecular weight is 409 g/mol. The summed E-state index contributed by atoms with van der Waals surface area (Å²) in [5, 5.41) is 7.05. The molecule has 3 heterocycles. The monoisotopic (exact) mass is 409 g/mol. The lowest BCUT2D eigenvalue weighted by Gasteiger charge is -2.33. The molecule has 1 aromatic carbocycles. The Morgan fingerprint density at radius 2 is 2.13 bits per heavy atom. The molecule has 4 rings (SSSR count). The molecule has 156 valence electrons. The lowest BCUT2D eigenvalue weighted by Crippen LogP contribution is -2.43. The fourth-order valence-corrected chi connectivity index (χ4v) is 3.65. The molecule has 30 heavy (non-hydrogen) atoms. The van der Waals surface area contributed by atoms with Gasteiger partial charge in [0.05, 0.1) is 11.5 Å². The Labute approximate surface area is 174 Å². The fourth-order valence-electron chi connectivity index (χ4n) is 3.65. The third-order valence-corrected chi connectivity index (χ3v) is 5.27. The van der Waals surface area contributed by atoms with E-state index in [-0.39, 0.29) is 17.6 Å². The maximum absolute atomic E-state index is 13.0. The predicted molar refractivity (Wildman–Crippen MR) is 110 cm³/mol. The van der Waals surface area contributed by atoms with Gasteiger partial charge < -0.3 is 14.7 Å². The van der Waals surface area contributed by atoms with Gasteiger partial charge in [-0.1, -0.05) is 24.2 Å². The number of halogens is 1.